The second-order valence-corrected chi connectivity index (χ2v) is 5.95. The molecule has 0 bridgehead atoms. The molecular weight excluding hydrogens is 334 g/mol. The highest BCUT2D eigenvalue weighted by Gasteiger charge is 2.07. The van der Waals surface area contributed by atoms with E-state index in [1.54, 1.807) is 24.4 Å². The number of carbonyl (C=O) groups is 1. The van der Waals surface area contributed by atoms with Gasteiger partial charge >= 0.3 is 0 Å². The fourth-order valence-electron chi connectivity index (χ4n) is 2.34. The number of nitrogens with zero attached hydrogens (tertiary/aromatic N) is 1. The maximum absolute atomic E-state index is 12.2. The first-order valence-electron chi connectivity index (χ1n) is 7.98. The summed E-state index contributed by atoms with van der Waals surface area (Å²) >= 11 is 6.09. The minimum Gasteiger partial charge on any atom is -0.366 e. The fourth-order valence-corrected chi connectivity index (χ4v) is 2.54. The van der Waals surface area contributed by atoms with Gasteiger partial charge in [0.05, 0.1) is 5.56 Å². The zero-order valence-corrected chi connectivity index (χ0v) is 14.3. The molecule has 0 unspecified atom stereocenters. The zero-order chi connectivity index (χ0) is 17.5. The van der Waals surface area contributed by atoms with Crippen molar-refractivity contribution in [3.63, 3.8) is 0 Å². The van der Waals surface area contributed by atoms with E-state index in [0.29, 0.717) is 23.7 Å². The summed E-state index contributed by atoms with van der Waals surface area (Å²) in [5, 5.41) is 6.72. The zero-order valence-electron chi connectivity index (χ0n) is 13.6. The van der Waals surface area contributed by atoms with Crippen molar-refractivity contribution in [2.24, 2.45) is 0 Å². The number of halogens is 1. The highest BCUT2D eigenvalue weighted by molar-refractivity contribution is 6.31. The van der Waals surface area contributed by atoms with Crippen molar-refractivity contribution in [2.75, 3.05) is 5.32 Å². The lowest BCUT2D eigenvalue weighted by atomic mass is 10.2. The fraction of sp³-hybridized carbons (Fsp3) is 0.100. The summed E-state index contributed by atoms with van der Waals surface area (Å²) in [4.78, 5) is 16.5. The average Bonchev–Trinajstić information content (AvgIpc) is 2.67. The van der Waals surface area contributed by atoms with Gasteiger partial charge in [-0.2, -0.15) is 0 Å². The minimum atomic E-state index is -0.179. The van der Waals surface area contributed by atoms with E-state index in [9.17, 15) is 4.79 Å². The number of hydrogen-bond donors (Lipinski definition) is 2. The van der Waals surface area contributed by atoms with Crippen molar-refractivity contribution in [3.8, 4) is 0 Å². The van der Waals surface area contributed by atoms with E-state index in [1.807, 2.05) is 48.5 Å². The number of carbonyl (C=O) groups excluding carboxylic acids is 1. The van der Waals surface area contributed by atoms with Crippen molar-refractivity contribution >= 4 is 23.3 Å². The molecule has 0 fully saturated rings. The Labute approximate surface area is 151 Å². The molecule has 0 spiro atoms. The predicted octanol–water partition coefficient (Wildman–Crippen LogP) is 4.28. The molecule has 25 heavy (non-hydrogen) atoms. The lowest BCUT2D eigenvalue weighted by Crippen LogP contribution is -2.23. The van der Waals surface area contributed by atoms with Crippen LogP contribution in [0.25, 0.3) is 0 Å². The van der Waals surface area contributed by atoms with E-state index >= 15 is 0 Å². The van der Waals surface area contributed by atoms with Crippen LogP contribution in [-0.4, -0.2) is 10.9 Å². The van der Waals surface area contributed by atoms with Gasteiger partial charge in [0.25, 0.3) is 5.91 Å². The number of amides is 1. The van der Waals surface area contributed by atoms with Crippen molar-refractivity contribution in [3.05, 3.63) is 94.6 Å². The lowest BCUT2D eigenvalue weighted by molar-refractivity contribution is 0.0950. The van der Waals surface area contributed by atoms with Crippen LogP contribution in [0, 0.1) is 0 Å². The highest BCUT2D eigenvalue weighted by Crippen LogP contribution is 2.14. The molecule has 0 saturated carbocycles. The number of pyridine rings is 1. The Bertz CT molecular complexity index is 835. The van der Waals surface area contributed by atoms with Crippen LogP contribution in [0.4, 0.5) is 5.82 Å². The normalized spacial score (nSPS) is 10.3. The quantitative estimate of drug-likeness (QED) is 0.697. The molecular formula is C20H18ClN3O. The second-order valence-electron chi connectivity index (χ2n) is 5.55. The van der Waals surface area contributed by atoms with E-state index in [-0.39, 0.29) is 5.91 Å². The summed E-state index contributed by atoms with van der Waals surface area (Å²) in [5.41, 5.74) is 2.56. The molecule has 1 amide bonds. The van der Waals surface area contributed by atoms with Crippen LogP contribution in [0.2, 0.25) is 5.02 Å². The van der Waals surface area contributed by atoms with Crippen LogP contribution in [0.3, 0.4) is 0 Å². The van der Waals surface area contributed by atoms with Gasteiger partial charge in [0.15, 0.2) is 0 Å². The van der Waals surface area contributed by atoms with Crippen molar-refractivity contribution in [1.29, 1.82) is 0 Å². The smallest absolute Gasteiger partial charge is 0.253 e. The second kappa shape index (κ2) is 8.31. The van der Waals surface area contributed by atoms with Gasteiger partial charge in [0.2, 0.25) is 0 Å². The largest absolute Gasteiger partial charge is 0.366 e. The van der Waals surface area contributed by atoms with Crippen molar-refractivity contribution in [2.45, 2.75) is 13.1 Å². The van der Waals surface area contributed by atoms with E-state index in [2.05, 4.69) is 15.6 Å². The molecule has 1 heterocycles. The average molecular weight is 352 g/mol. The molecule has 5 heteroatoms. The van der Waals surface area contributed by atoms with Crippen LogP contribution in [-0.2, 0) is 13.1 Å². The van der Waals surface area contributed by atoms with Gasteiger partial charge in [0, 0.05) is 24.3 Å². The first-order valence-corrected chi connectivity index (χ1v) is 8.35. The number of aromatic nitrogens is 1. The SMILES string of the molecule is O=C(NCc1ccccc1Cl)c1ccc(NCc2ccccc2)nc1. The molecule has 0 radical (unpaired) electrons. The molecule has 0 aliphatic rings. The van der Waals surface area contributed by atoms with Crippen LogP contribution in [0.5, 0.6) is 0 Å². The Kier molecular flexibility index (Phi) is 5.65. The van der Waals surface area contributed by atoms with E-state index in [4.69, 9.17) is 11.6 Å². The summed E-state index contributed by atoms with van der Waals surface area (Å²) in [7, 11) is 0. The number of nitrogens with one attached hydrogen (secondary N) is 2. The standard InChI is InChI=1S/C20H18ClN3O/c21-18-9-5-4-8-16(18)13-24-20(25)17-10-11-19(23-14-17)22-12-15-6-2-1-3-7-15/h1-11,14H,12-13H2,(H,22,23)(H,24,25). The topological polar surface area (TPSA) is 54.0 Å². The summed E-state index contributed by atoms with van der Waals surface area (Å²) in [6, 6.07) is 21.1. The third-order valence-corrected chi connectivity index (χ3v) is 4.11. The van der Waals surface area contributed by atoms with Crippen LogP contribution < -0.4 is 10.6 Å². The van der Waals surface area contributed by atoms with Gasteiger partial charge in [-0.25, -0.2) is 4.98 Å². The monoisotopic (exact) mass is 351 g/mol. The summed E-state index contributed by atoms with van der Waals surface area (Å²) < 4.78 is 0. The molecule has 0 atom stereocenters. The summed E-state index contributed by atoms with van der Waals surface area (Å²) in [6.07, 6.45) is 1.56. The van der Waals surface area contributed by atoms with Gasteiger partial charge in [-0.15, -0.1) is 0 Å². The Balaban J connectivity index is 1.54. The van der Waals surface area contributed by atoms with E-state index < -0.39 is 0 Å². The van der Waals surface area contributed by atoms with Crippen molar-refractivity contribution < 1.29 is 4.79 Å². The molecule has 3 aromatic rings. The summed E-state index contributed by atoms with van der Waals surface area (Å²) in [5.74, 6) is 0.550. The van der Waals surface area contributed by atoms with Gasteiger partial charge in [-0.1, -0.05) is 60.1 Å². The minimum absolute atomic E-state index is 0.179. The van der Waals surface area contributed by atoms with Gasteiger partial charge in [-0.05, 0) is 29.3 Å². The third-order valence-electron chi connectivity index (χ3n) is 3.74. The molecule has 0 aliphatic carbocycles. The van der Waals surface area contributed by atoms with Gasteiger partial charge in [-0.3, -0.25) is 4.79 Å². The Hall–Kier alpha value is -2.85. The Morgan fingerprint density at radius 3 is 2.40 bits per heavy atom. The predicted molar refractivity (Wildman–Crippen MR) is 101 cm³/mol. The molecule has 3 rings (SSSR count). The third kappa shape index (κ3) is 4.81. The van der Waals surface area contributed by atoms with Crippen LogP contribution in [0.1, 0.15) is 21.5 Å². The molecule has 0 saturated heterocycles. The first-order chi connectivity index (χ1) is 12.2. The Morgan fingerprint density at radius 1 is 0.920 bits per heavy atom. The number of rotatable bonds is 6. The number of anilines is 1. The molecule has 2 N–H and O–H groups in total. The molecule has 126 valence electrons. The van der Waals surface area contributed by atoms with E-state index in [1.165, 1.54) is 5.56 Å². The van der Waals surface area contributed by atoms with Crippen LogP contribution in [0.15, 0.2) is 72.9 Å². The molecule has 2 aromatic carbocycles. The van der Waals surface area contributed by atoms with E-state index in [0.717, 1.165) is 11.4 Å². The molecule has 4 nitrogen and oxygen atoms in total. The van der Waals surface area contributed by atoms with Crippen LogP contribution >= 0.6 is 11.6 Å². The molecule has 0 aliphatic heterocycles. The Morgan fingerprint density at radius 2 is 1.68 bits per heavy atom. The summed E-state index contributed by atoms with van der Waals surface area (Å²) in [6.45, 7) is 1.07. The van der Waals surface area contributed by atoms with Crippen molar-refractivity contribution in [1.82, 2.24) is 10.3 Å². The molecule has 1 aromatic heterocycles. The maximum Gasteiger partial charge on any atom is 0.253 e. The first kappa shape index (κ1) is 17.0. The number of benzene rings is 2. The van der Waals surface area contributed by atoms with Gasteiger partial charge < -0.3 is 10.6 Å². The maximum atomic E-state index is 12.2. The lowest BCUT2D eigenvalue weighted by Gasteiger charge is -2.08. The highest BCUT2D eigenvalue weighted by atomic mass is 35.5. The number of hydrogen-bond acceptors (Lipinski definition) is 3. The van der Waals surface area contributed by atoms with Gasteiger partial charge in [0.1, 0.15) is 5.82 Å².